The molecule has 0 bridgehead atoms. The number of nitrogens with one attached hydrogen (secondary N) is 1. The average molecular weight is 225 g/mol. The number of hydrogen-bond acceptors (Lipinski definition) is 6. The van der Waals surface area contributed by atoms with Gasteiger partial charge in [-0.1, -0.05) is 0 Å². The molecule has 1 N–H and O–H groups in total. The Morgan fingerprint density at radius 1 is 1.36 bits per heavy atom. The highest BCUT2D eigenvalue weighted by molar-refractivity contribution is 7.55. The number of alkyl carbamates (subject to hydrolysis) is 1. The van der Waals surface area contributed by atoms with Gasteiger partial charge in [-0.3, -0.25) is 4.57 Å². The SMILES string of the molecule is COC(=O)NC(C=O)P(=O)(OC)OC. The third kappa shape index (κ3) is 3.10. The number of rotatable bonds is 5. The fourth-order valence-electron chi connectivity index (χ4n) is 0.669. The second-order valence-electron chi connectivity index (χ2n) is 2.12. The lowest BCUT2D eigenvalue weighted by Gasteiger charge is -2.19. The first-order valence-corrected chi connectivity index (χ1v) is 5.16. The highest BCUT2D eigenvalue weighted by Crippen LogP contribution is 2.49. The van der Waals surface area contributed by atoms with Gasteiger partial charge in [0, 0.05) is 14.2 Å². The lowest BCUT2D eigenvalue weighted by atomic mass is 10.7. The summed E-state index contributed by atoms with van der Waals surface area (Å²) in [5.74, 6) is -1.37. The molecule has 0 aromatic heterocycles. The summed E-state index contributed by atoms with van der Waals surface area (Å²) in [5.41, 5.74) is 0. The van der Waals surface area contributed by atoms with Crippen molar-refractivity contribution >= 4 is 20.0 Å². The van der Waals surface area contributed by atoms with Gasteiger partial charge in [-0.05, 0) is 0 Å². The molecule has 0 rings (SSSR count). The number of carbonyl (C=O) groups excluding carboxylic acids is 2. The Kier molecular flexibility index (Phi) is 5.37. The number of methoxy groups -OCH3 is 1. The molecule has 0 radical (unpaired) electrons. The number of ether oxygens (including phenoxy) is 1. The fourth-order valence-corrected chi connectivity index (χ4v) is 1.68. The number of amides is 1. The highest BCUT2D eigenvalue weighted by Gasteiger charge is 2.35. The summed E-state index contributed by atoms with van der Waals surface area (Å²) >= 11 is 0. The van der Waals surface area contributed by atoms with Gasteiger partial charge in [0.2, 0.25) is 0 Å². The van der Waals surface area contributed by atoms with Gasteiger partial charge in [-0.15, -0.1) is 0 Å². The molecule has 0 aromatic rings. The van der Waals surface area contributed by atoms with E-state index < -0.39 is 19.5 Å². The molecule has 1 unspecified atom stereocenters. The number of carbonyl (C=O) groups is 2. The first-order chi connectivity index (χ1) is 6.53. The minimum absolute atomic E-state index is 0.255. The Hall–Kier alpha value is -0.910. The molecule has 1 amide bonds. The lowest BCUT2D eigenvalue weighted by molar-refractivity contribution is -0.108. The summed E-state index contributed by atoms with van der Waals surface area (Å²) in [6, 6.07) is 0. The van der Waals surface area contributed by atoms with Crippen molar-refractivity contribution in [2.24, 2.45) is 0 Å². The molecule has 0 saturated heterocycles. The Labute approximate surface area is 81.2 Å². The topological polar surface area (TPSA) is 90.9 Å². The Bertz CT molecular complexity index is 247. The van der Waals surface area contributed by atoms with Crippen molar-refractivity contribution in [3.05, 3.63) is 0 Å². The van der Waals surface area contributed by atoms with Gasteiger partial charge >= 0.3 is 13.7 Å². The maximum Gasteiger partial charge on any atom is 0.407 e. The van der Waals surface area contributed by atoms with Gasteiger partial charge in [-0.2, -0.15) is 0 Å². The van der Waals surface area contributed by atoms with Gasteiger partial charge in [0.15, 0.2) is 12.1 Å². The van der Waals surface area contributed by atoms with Crippen LogP contribution in [-0.4, -0.2) is 39.5 Å². The van der Waals surface area contributed by atoms with Gasteiger partial charge in [0.1, 0.15) is 0 Å². The van der Waals surface area contributed by atoms with Gasteiger partial charge in [-0.25, -0.2) is 4.79 Å². The summed E-state index contributed by atoms with van der Waals surface area (Å²) in [6.07, 6.45) is -0.638. The molecule has 0 aliphatic carbocycles. The zero-order valence-electron chi connectivity index (χ0n) is 8.05. The van der Waals surface area contributed by atoms with Crippen molar-refractivity contribution in [3.8, 4) is 0 Å². The van der Waals surface area contributed by atoms with Crippen LogP contribution in [0, 0.1) is 0 Å². The van der Waals surface area contributed by atoms with Gasteiger partial charge in [0.05, 0.1) is 7.11 Å². The third-order valence-electron chi connectivity index (χ3n) is 1.43. The predicted octanol–water partition coefficient (Wildman–Crippen LogP) is 0.353. The molecule has 0 aliphatic heterocycles. The molecule has 0 fully saturated rings. The van der Waals surface area contributed by atoms with E-state index in [1.165, 1.54) is 0 Å². The first-order valence-electron chi connectivity index (χ1n) is 3.55. The average Bonchev–Trinajstić information content (AvgIpc) is 2.24. The summed E-state index contributed by atoms with van der Waals surface area (Å²) in [7, 11) is -0.304. The van der Waals surface area contributed by atoms with Crippen LogP contribution in [0.15, 0.2) is 0 Å². The third-order valence-corrected chi connectivity index (χ3v) is 3.38. The second kappa shape index (κ2) is 5.74. The fraction of sp³-hybridized carbons (Fsp3) is 0.667. The van der Waals surface area contributed by atoms with E-state index in [0.29, 0.717) is 0 Å². The molecule has 0 spiro atoms. The quantitative estimate of drug-likeness (QED) is 0.536. The molecule has 0 aromatic carbocycles. The minimum atomic E-state index is -3.64. The smallest absolute Gasteiger partial charge is 0.407 e. The molecule has 1 atom stereocenters. The van der Waals surface area contributed by atoms with E-state index in [2.05, 4.69) is 13.8 Å². The summed E-state index contributed by atoms with van der Waals surface area (Å²) in [4.78, 5) is 21.3. The van der Waals surface area contributed by atoms with E-state index in [1.807, 2.05) is 5.32 Å². The lowest BCUT2D eigenvalue weighted by Crippen LogP contribution is -2.36. The summed E-state index contributed by atoms with van der Waals surface area (Å²) in [6.45, 7) is 0. The van der Waals surface area contributed by atoms with Crippen LogP contribution in [0.25, 0.3) is 0 Å². The zero-order chi connectivity index (χ0) is 11.2. The Morgan fingerprint density at radius 3 is 2.14 bits per heavy atom. The van der Waals surface area contributed by atoms with Crippen LogP contribution in [0.5, 0.6) is 0 Å². The summed E-state index contributed by atoms with van der Waals surface area (Å²) < 4.78 is 24.8. The largest absolute Gasteiger partial charge is 0.453 e. The predicted molar refractivity (Wildman–Crippen MR) is 47.0 cm³/mol. The molecule has 82 valence electrons. The summed E-state index contributed by atoms with van der Waals surface area (Å²) in [5, 5.41) is 2.02. The van der Waals surface area contributed by atoms with Crippen molar-refractivity contribution in [2.45, 2.75) is 5.78 Å². The first kappa shape index (κ1) is 13.1. The van der Waals surface area contributed by atoms with Crippen molar-refractivity contribution in [2.75, 3.05) is 21.3 Å². The molecular weight excluding hydrogens is 213 g/mol. The van der Waals surface area contributed by atoms with Crippen LogP contribution in [0.4, 0.5) is 4.79 Å². The Balaban J connectivity index is 4.62. The van der Waals surface area contributed by atoms with Gasteiger partial charge < -0.3 is 23.9 Å². The van der Waals surface area contributed by atoms with Crippen LogP contribution in [0.1, 0.15) is 0 Å². The van der Waals surface area contributed by atoms with Crippen molar-refractivity contribution in [1.29, 1.82) is 0 Å². The molecular formula is C6H12NO6P. The van der Waals surface area contributed by atoms with E-state index in [1.54, 1.807) is 0 Å². The Morgan fingerprint density at radius 2 is 1.86 bits per heavy atom. The van der Waals surface area contributed by atoms with E-state index in [4.69, 9.17) is 0 Å². The normalized spacial score (nSPS) is 13.1. The van der Waals surface area contributed by atoms with Crippen LogP contribution < -0.4 is 5.32 Å². The molecule has 14 heavy (non-hydrogen) atoms. The van der Waals surface area contributed by atoms with Crippen LogP contribution in [0.3, 0.4) is 0 Å². The van der Waals surface area contributed by atoms with E-state index in [9.17, 15) is 14.2 Å². The van der Waals surface area contributed by atoms with Gasteiger partial charge in [0.25, 0.3) is 0 Å². The van der Waals surface area contributed by atoms with E-state index in [0.717, 1.165) is 21.3 Å². The monoisotopic (exact) mass is 225 g/mol. The van der Waals surface area contributed by atoms with E-state index in [-0.39, 0.29) is 6.29 Å². The van der Waals surface area contributed by atoms with Crippen molar-refractivity contribution < 1.29 is 27.9 Å². The number of aldehydes is 1. The highest BCUT2D eigenvalue weighted by atomic mass is 31.2. The molecule has 8 heteroatoms. The van der Waals surface area contributed by atoms with Crippen molar-refractivity contribution in [3.63, 3.8) is 0 Å². The number of hydrogen-bond donors (Lipinski definition) is 1. The van der Waals surface area contributed by atoms with Crippen LogP contribution >= 0.6 is 7.60 Å². The standard InChI is InChI=1S/C6H12NO6P/c1-11-6(9)7-5(4-8)14(10,12-2)13-3/h4-5H,1-3H3,(H,7,9). The molecule has 0 aliphatic rings. The second-order valence-corrected chi connectivity index (χ2v) is 4.49. The van der Waals surface area contributed by atoms with E-state index >= 15 is 0 Å². The maximum atomic E-state index is 11.6. The van der Waals surface area contributed by atoms with Crippen molar-refractivity contribution in [1.82, 2.24) is 5.32 Å². The van der Waals surface area contributed by atoms with Crippen LogP contribution in [-0.2, 0) is 23.1 Å². The molecule has 7 nitrogen and oxygen atoms in total. The maximum absolute atomic E-state index is 11.6. The minimum Gasteiger partial charge on any atom is -0.453 e. The molecule has 0 saturated carbocycles. The molecule has 0 heterocycles. The van der Waals surface area contributed by atoms with Crippen LogP contribution in [0.2, 0.25) is 0 Å². The zero-order valence-corrected chi connectivity index (χ0v) is 8.95.